The predicted octanol–water partition coefficient (Wildman–Crippen LogP) is 5.19. The number of thioether (sulfide) groups is 1. The largest absolute Gasteiger partial charge is 0.378 e. The third kappa shape index (κ3) is 7.63. The second-order valence-corrected chi connectivity index (χ2v) is 10.4. The summed E-state index contributed by atoms with van der Waals surface area (Å²) in [6.45, 7) is 3.86. The lowest BCUT2D eigenvalue weighted by Crippen LogP contribution is -2.41. The van der Waals surface area contributed by atoms with Gasteiger partial charge in [0.1, 0.15) is 11.9 Å². The van der Waals surface area contributed by atoms with Gasteiger partial charge in [-0.05, 0) is 73.5 Å². The number of amides is 2. The molecule has 0 fully saturated rings. The first-order valence-electron chi connectivity index (χ1n) is 12.7. The molecule has 0 saturated heterocycles. The fourth-order valence-corrected chi connectivity index (χ4v) is 4.99. The van der Waals surface area contributed by atoms with Gasteiger partial charge in [0.05, 0.1) is 5.75 Å². The molecule has 4 rings (SSSR count). The van der Waals surface area contributed by atoms with Gasteiger partial charge in [-0.3, -0.25) is 14.6 Å². The number of carbonyl (C=O) groups excluding carboxylic acids is 2. The van der Waals surface area contributed by atoms with Gasteiger partial charge >= 0.3 is 0 Å². The van der Waals surface area contributed by atoms with Crippen LogP contribution in [0.4, 0.5) is 15.8 Å². The number of pyridine rings is 1. The van der Waals surface area contributed by atoms with Crippen molar-refractivity contribution >= 4 is 35.0 Å². The summed E-state index contributed by atoms with van der Waals surface area (Å²) < 4.78 is 13.9. The van der Waals surface area contributed by atoms with Gasteiger partial charge in [0, 0.05) is 55.8 Å². The van der Waals surface area contributed by atoms with Gasteiger partial charge in [0.25, 0.3) is 5.91 Å². The first kappa shape index (κ1) is 28.7. The zero-order valence-electron chi connectivity index (χ0n) is 22.8. The van der Waals surface area contributed by atoms with Gasteiger partial charge in [-0.15, -0.1) is 0 Å². The number of hydrogen-bond donors (Lipinski definition) is 1. The van der Waals surface area contributed by atoms with Crippen molar-refractivity contribution in [3.63, 3.8) is 0 Å². The van der Waals surface area contributed by atoms with Crippen LogP contribution in [0.5, 0.6) is 0 Å². The van der Waals surface area contributed by atoms with Crippen molar-refractivity contribution in [2.75, 3.05) is 30.1 Å². The molecule has 2 aromatic carbocycles. The van der Waals surface area contributed by atoms with E-state index in [1.807, 2.05) is 57.1 Å². The van der Waals surface area contributed by atoms with Gasteiger partial charge in [-0.1, -0.05) is 30.0 Å². The van der Waals surface area contributed by atoms with Gasteiger partial charge in [-0.25, -0.2) is 14.4 Å². The average Bonchev–Trinajstić information content (AvgIpc) is 2.93. The summed E-state index contributed by atoms with van der Waals surface area (Å²) in [5.74, 6) is -1.15. The van der Waals surface area contributed by atoms with E-state index in [-0.39, 0.29) is 18.2 Å². The van der Waals surface area contributed by atoms with Crippen molar-refractivity contribution in [1.29, 1.82) is 0 Å². The Morgan fingerprint density at radius 1 is 0.975 bits per heavy atom. The lowest BCUT2D eigenvalue weighted by Gasteiger charge is -2.31. The Kier molecular flexibility index (Phi) is 9.44. The SMILES string of the molecule is Cc1cc(C)nc(SCC(=O)N(Cc2cccnc2)C(C(=O)Nc2ccc(N(C)C)cc2)c2ccc(F)cc2)n1. The molecule has 2 amide bonds. The Balaban J connectivity index is 1.67. The van der Waals surface area contributed by atoms with Crippen LogP contribution in [0.15, 0.2) is 84.3 Å². The Bertz CT molecular complexity index is 1430. The summed E-state index contributed by atoms with van der Waals surface area (Å²) >= 11 is 1.21. The summed E-state index contributed by atoms with van der Waals surface area (Å²) in [6, 6.07) is 17.4. The Hall–Kier alpha value is -4.31. The number of aryl methyl sites for hydroxylation is 2. The molecule has 1 N–H and O–H groups in total. The van der Waals surface area contributed by atoms with Crippen LogP contribution in [-0.2, 0) is 16.1 Å². The molecule has 0 aliphatic heterocycles. The number of halogens is 1. The van der Waals surface area contributed by atoms with Crippen molar-refractivity contribution in [3.05, 3.63) is 107 Å². The zero-order chi connectivity index (χ0) is 28.6. The summed E-state index contributed by atoms with van der Waals surface area (Å²) in [6.07, 6.45) is 3.30. The maximum absolute atomic E-state index is 13.9. The molecule has 0 aliphatic rings. The summed E-state index contributed by atoms with van der Waals surface area (Å²) in [7, 11) is 3.86. The van der Waals surface area contributed by atoms with Gasteiger partial charge < -0.3 is 15.1 Å². The number of nitrogens with zero attached hydrogens (tertiary/aromatic N) is 5. The third-order valence-corrected chi connectivity index (χ3v) is 6.91. The second kappa shape index (κ2) is 13.2. The zero-order valence-corrected chi connectivity index (χ0v) is 23.7. The fraction of sp³-hybridized carbons (Fsp3) is 0.233. The molecule has 206 valence electrons. The Morgan fingerprint density at radius 2 is 1.65 bits per heavy atom. The van der Waals surface area contributed by atoms with E-state index in [4.69, 9.17) is 0 Å². The van der Waals surface area contributed by atoms with Crippen molar-refractivity contribution in [2.24, 2.45) is 0 Å². The number of benzene rings is 2. The van der Waals surface area contributed by atoms with Gasteiger partial charge in [0.2, 0.25) is 5.91 Å². The highest BCUT2D eigenvalue weighted by Gasteiger charge is 2.32. The van der Waals surface area contributed by atoms with Crippen molar-refractivity contribution in [3.8, 4) is 0 Å². The van der Waals surface area contributed by atoms with Crippen LogP contribution in [0, 0.1) is 19.7 Å². The average molecular weight is 559 g/mol. The third-order valence-electron chi connectivity index (χ3n) is 6.08. The lowest BCUT2D eigenvalue weighted by molar-refractivity contribution is -0.137. The smallest absolute Gasteiger partial charge is 0.251 e. The molecule has 1 unspecified atom stereocenters. The number of rotatable bonds is 10. The number of nitrogens with one attached hydrogen (secondary N) is 1. The van der Waals surface area contributed by atoms with Crippen LogP contribution in [0.3, 0.4) is 0 Å². The van der Waals surface area contributed by atoms with Crippen molar-refractivity contribution in [1.82, 2.24) is 19.9 Å². The van der Waals surface area contributed by atoms with Crippen LogP contribution in [0.1, 0.15) is 28.6 Å². The van der Waals surface area contributed by atoms with Crippen molar-refractivity contribution < 1.29 is 14.0 Å². The van der Waals surface area contributed by atoms with Crippen molar-refractivity contribution in [2.45, 2.75) is 31.6 Å². The molecule has 0 spiro atoms. The number of hydrogen-bond acceptors (Lipinski definition) is 7. The lowest BCUT2D eigenvalue weighted by atomic mass is 10.0. The summed E-state index contributed by atoms with van der Waals surface area (Å²) in [4.78, 5) is 44.1. The van der Waals surface area contributed by atoms with Crippen LogP contribution < -0.4 is 10.2 Å². The molecule has 0 radical (unpaired) electrons. The highest BCUT2D eigenvalue weighted by molar-refractivity contribution is 7.99. The number of aromatic nitrogens is 3. The van der Waals surface area contributed by atoms with E-state index >= 15 is 0 Å². The summed E-state index contributed by atoms with van der Waals surface area (Å²) in [5, 5.41) is 3.42. The summed E-state index contributed by atoms with van der Waals surface area (Å²) in [5.41, 5.74) is 4.39. The molecule has 2 heterocycles. The monoisotopic (exact) mass is 558 g/mol. The minimum absolute atomic E-state index is 0.00562. The molecule has 2 aromatic heterocycles. The number of carbonyl (C=O) groups is 2. The number of anilines is 2. The quantitative estimate of drug-likeness (QED) is 0.211. The normalized spacial score (nSPS) is 11.5. The first-order chi connectivity index (χ1) is 19.2. The van der Waals surface area contributed by atoms with E-state index in [0.717, 1.165) is 22.6 Å². The van der Waals surface area contributed by atoms with Crippen LogP contribution in [0.2, 0.25) is 0 Å². The second-order valence-electron chi connectivity index (χ2n) is 9.49. The molecule has 0 saturated carbocycles. The molecule has 10 heteroatoms. The van der Waals surface area contributed by atoms with E-state index in [0.29, 0.717) is 16.4 Å². The van der Waals surface area contributed by atoms with Crippen LogP contribution in [0.25, 0.3) is 0 Å². The maximum Gasteiger partial charge on any atom is 0.251 e. The molecule has 8 nitrogen and oxygen atoms in total. The van der Waals surface area contributed by atoms with E-state index in [1.165, 1.54) is 40.9 Å². The first-order valence-corrected chi connectivity index (χ1v) is 13.7. The molecule has 0 aliphatic carbocycles. The predicted molar refractivity (Wildman–Crippen MR) is 156 cm³/mol. The van der Waals surface area contributed by atoms with Gasteiger partial charge in [-0.2, -0.15) is 0 Å². The van der Waals surface area contributed by atoms with Crippen LogP contribution >= 0.6 is 11.8 Å². The maximum atomic E-state index is 13.9. The van der Waals surface area contributed by atoms with Crippen LogP contribution in [-0.4, -0.2) is 51.5 Å². The van der Waals surface area contributed by atoms with Gasteiger partial charge in [0.15, 0.2) is 5.16 Å². The molecular formula is C30H31FN6O2S. The van der Waals surface area contributed by atoms with E-state index in [9.17, 15) is 14.0 Å². The standard InChI is InChI=1S/C30H31FN6O2S/c1-20-16-21(2)34-30(33-20)40-19-27(38)37(18-22-6-5-15-32-17-22)28(23-7-9-24(31)10-8-23)29(39)35-25-11-13-26(14-12-25)36(3)4/h5-17,28H,18-19H2,1-4H3,(H,35,39). The topological polar surface area (TPSA) is 91.3 Å². The Morgan fingerprint density at radius 3 is 2.25 bits per heavy atom. The molecule has 4 aromatic rings. The molecular weight excluding hydrogens is 527 g/mol. The fourth-order valence-electron chi connectivity index (χ4n) is 4.15. The molecule has 0 bridgehead atoms. The highest BCUT2D eigenvalue weighted by Crippen LogP contribution is 2.28. The van der Waals surface area contributed by atoms with E-state index in [1.54, 1.807) is 30.6 Å². The molecule has 1 atom stereocenters. The molecule has 40 heavy (non-hydrogen) atoms. The minimum Gasteiger partial charge on any atom is -0.378 e. The highest BCUT2D eigenvalue weighted by atomic mass is 32.2. The van der Waals surface area contributed by atoms with E-state index in [2.05, 4.69) is 20.3 Å². The minimum atomic E-state index is -1.04. The van der Waals surface area contributed by atoms with E-state index < -0.39 is 17.8 Å². The Labute approximate surface area is 237 Å².